The third-order valence-corrected chi connectivity index (χ3v) is 4.21. The number of allylic oxidation sites excluding steroid dienone is 1. The summed E-state index contributed by atoms with van der Waals surface area (Å²) in [5.74, 6) is 0.310. The minimum Gasteiger partial charge on any atom is -0.369 e. The van der Waals surface area contributed by atoms with Gasteiger partial charge in [0.1, 0.15) is 5.60 Å². The van der Waals surface area contributed by atoms with Crippen LogP contribution in [0.2, 0.25) is 0 Å². The monoisotopic (exact) mass is 178 g/mol. The molecule has 0 radical (unpaired) electrons. The molecular formula is C11H14O2. The normalized spacial score (nSPS) is 47.8. The fraction of sp³-hybridized carbons (Fsp3) is 0.727. The standard InChI is InChI=1S/C11H14O2/c1-10-4-3-9(12)6-8(10)2-5-11(10)7-13-11/h6H,2-5,7H2,1H3/t10-,11?/m0/s1. The minimum absolute atomic E-state index is 0.138. The summed E-state index contributed by atoms with van der Waals surface area (Å²) in [7, 11) is 0. The maximum atomic E-state index is 11.3. The van der Waals surface area contributed by atoms with E-state index in [4.69, 9.17) is 4.74 Å². The van der Waals surface area contributed by atoms with E-state index in [-0.39, 0.29) is 11.0 Å². The van der Waals surface area contributed by atoms with Gasteiger partial charge < -0.3 is 4.74 Å². The lowest BCUT2D eigenvalue weighted by Crippen LogP contribution is -2.34. The molecule has 2 heteroatoms. The molecule has 1 spiro atoms. The lowest BCUT2D eigenvalue weighted by Gasteiger charge is -2.33. The van der Waals surface area contributed by atoms with E-state index in [9.17, 15) is 4.79 Å². The number of carbonyl (C=O) groups excluding carboxylic acids is 1. The fourth-order valence-electron chi connectivity index (χ4n) is 2.99. The first kappa shape index (κ1) is 7.74. The molecule has 0 aromatic rings. The lowest BCUT2D eigenvalue weighted by molar-refractivity contribution is -0.115. The highest BCUT2D eigenvalue weighted by molar-refractivity contribution is 5.92. The summed E-state index contributed by atoms with van der Waals surface area (Å²) in [5.41, 5.74) is 1.68. The van der Waals surface area contributed by atoms with Crippen molar-refractivity contribution in [1.29, 1.82) is 0 Å². The van der Waals surface area contributed by atoms with E-state index in [0.29, 0.717) is 12.2 Å². The van der Waals surface area contributed by atoms with Crippen molar-refractivity contribution in [3.05, 3.63) is 11.6 Å². The van der Waals surface area contributed by atoms with E-state index in [0.717, 1.165) is 25.9 Å². The fourth-order valence-corrected chi connectivity index (χ4v) is 2.99. The van der Waals surface area contributed by atoms with E-state index >= 15 is 0 Å². The molecule has 2 atom stereocenters. The molecule has 2 aliphatic carbocycles. The number of ether oxygens (including phenoxy) is 1. The van der Waals surface area contributed by atoms with Crippen LogP contribution in [0.1, 0.15) is 32.6 Å². The third kappa shape index (κ3) is 0.798. The first-order valence-electron chi connectivity index (χ1n) is 5.04. The van der Waals surface area contributed by atoms with Crippen LogP contribution in [0.25, 0.3) is 0 Å². The quantitative estimate of drug-likeness (QED) is 0.530. The molecule has 0 amide bonds. The van der Waals surface area contributed by atoms with Crippen molar-refractivity contribution < 1.29 is 9.53 Å². The van der Waals surface area contributed by atoms with Crippen LogP contribution < -0.4 is 0 Å². The van der Waals surface area contributed by atoms with Gasteiger partial charge in [-0.1, -0.05) is 12.5 Å². The number of hydrogen-bond donors (Lipinski definition) is 0. The SMILES string of the molecule is C[C@]12CCC(=O)C=C1CCC21CO1. The molecule has 0 bridgehead atoms. The Morgan fingerprint density at radius 3 is 2.85 bits per heavy atom. The zero-order valence-electron chi connectivity index (χ0n) is 7.93. The molecule has 13 heavy (non-hydrogen) atoms. The maximum Gasteiger partial charge on any atom is 0.155 e. The Kier molecular flexibility index (Phi) is 1.23. The van der Waals surface area contributed by atoms with Crippen LogP contribution in [0.3, 0.4) is 0 Å². The zero-order valence-corrected chi connectivity index (χ0v) is 7.93. The number of fused-ring (bicyclic) bond motifs is 2. The van der Waals surface area contributed by atoms with Crippen molar-refractivity contribution in [2.24, 2.45) is 5.41 Å². The molecule has 3 rings (SSSR count). The predicted molar refractivity (Wildman–Crippen MR) is 48.3 cm³/mol. The van der Waals surface area contributed by atoms with E-state index in [1.807, 2.05) is 6.08 Å². The second-order valence-corrected chi connectivity index (χ2v) is 4.75. The predicted octanol–water partition coefficient (Wildman–Crippen LogP) is 1.84. The minimum atomic E-state index is 0.138. The van der Waals surface area contributed by atoms with Gasteiger partial charge in [-0.05, 0) is 25.3 Å². The van der Waals surface area contributed by atoms with Crippen molar-refractivity contribution >= 4 is 5.78 Å². The van der Waals surface area contributed by atoms with Gasteiger partial charge >= 0.3 is 0 Å². The Balaban J connectivity index is 2.07. The summed E-state index contributed by atoms with van der Waals surface area (Å²) in [6.45, 7) is 3.18. The van der Waals surface area contributed by atoms with Crippen LogP contribution in [-0.2, 0) is 9.53 Å². The van der Waals surface area contributed by atoms with Crippen molar-refractivity contribution in [2.45, 2.75) is 38.2 Å². The van der Waals surface area contributed by atoms with Crippen molar-refractivity contribution in [2.75, 3.05) is 6.61 Å². The molecule has 0 N–H and O–H groups in total. The third-order valence-electron chi connectivity index (χ3n) is 4.21. The van der Waals surface area contributed by atoms with Crippen molar-refractivity contribution in [3.8, 4) is 0 Å². The summed E-state index contributed by atoms with van der Waals surface area (Å²) in [4.78, 5) is 11.3. The van der Waals surface area contributed by atoms with Gasteiger partial charge in [-0.25, -0.2) is 0 Å². The largest absolute Gasteiger partial charge is 0.369 e. The molecule has 1 unspecified atom stereocenters. The topological polar surface area (TPSA) is 29.6 Å². The number of epoxide rings is 1. The first-order valence-corrected chi connectivity index (χ1v) is 5.04. The molecule has 0 aromatic heterocycles. The molecular weight excluding hydrogens is 164 g/mol. The summed E-state index contributed by atoms with van der Waals surface area (Å²) in [6, 6.07) is 0. The van der Waals surface area contributed by atoms with Gasteiger partial charge in [0.05, 0.1) is 6.61 Å². The molecule has 1 heterocycles. The lowest BCUT2D eigenvalue weighted by atomic mass is 9.70. The van der Waals surface area contributed by atoms with Gasteiger partial charge in [0, 0.05) is 11.8 Å². The molecule has 0 aromatic carbocycles. The van der Waals surface area contributed by atoms with Gasteiger partial charge in [-0.2, -0.15) is 0 Å². The smallest absolute Gasteiger partial charge is 0.155 e. The van der Waals surface area contributed by atoms with Crippen LogP contribution in [0.5, 0.6) is 0 Å². The van der Waals surface area contributed by atoms with E-state index in [2.05, 4.69) is 6.92 Å². The van der Waals surface area contributed by atoms with Crippen molar-refractivity contribution in [1.82, 2.24) is 0 Å². The molecule has 2 fully saturated rings. The van der Waals surface area contributed by atoms with Crippen LogP contribution >= 0.6 is 0 Å². The second-order valence-electron chi connectivity index (χ2n) is 4.75. The number of rotatable bonds is 0. The van der Waals surface area contributed by atoms with E-state index < -0.39 is 0 Å². The Hall–Kier alpha value is -0.630. The van der Waals surface area contributed by atoms with Crippen LogP contribution in [0, 0.1) is 5.41 Å². The van der Waals surface area contributed by atoms with Crippen molar-refractivity contribution in [3.63, 3.8) is 0 Å². The summed E-state index contributed by atoms with van der Waals surface area (Å²) >= 11 is 0. The van der Waals surface area contributed by atoms with Gasteiger partial charge in [0.25, 0.3) is 0 Å². The molecule has 1 saturated carbocycles. The molecule has 3 aliphatic rings. The Morgan fingerprint density at radius 1 is 1.38 bits per heavy atom. The zero-order chi connectivity index (χ0) is 9.10. The highest BCUT2D eigenvalue weighted by atomic mass is 16.6. The molecule has 1 aliphatic heterocycles. The summed E-state index contributed by atoms with van der Waals surface area (Å²) in [6.07, 6.45) is 5.79. The van der Waals surface area contributed by atoms with Gasteiger partial charge in [0.15, 0.2) is 5.78 Å². The number of carbonyl (C=O) groups is 1. The highest BCUT2D eigenvalue weighted by Gasteiger charge is 2.64. The average Bonchev–Trinajstić information content (AvgIpc) is 2.82. The van der Waals surface area contributed by atoms with Crippen LogP contribution in [0.4, 0.5) is 0 Å². The van der Waals surface area contributed by atoms with Gasteiger partial charge in [-0.15, -0.1) is 0 Å². The van der Waals surface area contributed by atoms with E-state index in [1.54, 1.807) is 0 Å². The summed E-state index contributed by atoms with van der Waals surface area (Å²) < 4.78 is 5.61. The Labute approximate surface area is 78.0 Å². The molecule has 1 saturated heterocycles. The van der Waals surface area contributed by atoms with Gasteiger partial charge in [0.2, 0.25) is 0 Å². The number of ketones is 1. The first-order chi connectivity index (χ1) is 6.16. The number of hydrogen-bond acceptors (Lipinski definition) is 2. The molecule has 70 valence electrons. The average molecular weight is 178 g/mol. The Morgan fingerprint density at radius 2 is 2.15 bits per heavy atom. The molecule has 2 nitrogen and oxygen atoms in total. The maximum absolute atomic E-state index is 11.3. The summed E-state index contributed by atoms with van der Waals surface area (Å²) in [5, 5.41) is 0. The van der Waals surface area contributed by atoms with E-state index in [1.165, 1.54) is 5.57 Å². The van der Waals surface area contributed by atoms with Gasteiger partial charge in [-0.3, -0.25) is 4.79 Å². The second kappa shape index (κ2) is 2.06. The highest BCUT2D eigenvalue weighted by Crippen LogP contribution is 2.62. The van der Waals surface area contributed by atoms with Crippen LogP contribution in [-0.4, -0.2) is 18.0 Å². The van der Waals surface area contributed by atoms with Crippen LogP contribution in [0.15, 0.2) is 11.6 Å². The Bertz CT molecular complexity index is 312.